The molecule has 1 aromatic rings. The van der Waals surface area contributed by atoms with Gasteiger partial charge in [-0.05, 0) is 25.5 Å². The van der Waals surface area contributed by atoms with Gasteiger partial charge in [0.1, 0.15) is 11.4 Å². The molecule has 0 aliphatic carbocycles. The van der Waals surface area contributed by atoms with E-state index in [9.17, 15) is 5.11 Å². The molecule has 1 unspecified atom stereocenters. The maximum absolute atomic E-state index is 10.5. The quantitative estimate of drug-likeness (QED) is 0.765. The second kappa shape index (κ2) is 5.07. The number of hydrogen-bond donors (Lipinski definition) is 2. The van der Waals surface area contributed by atoms with Crippen molar-refractivity contribution >= 4 is 0 Å². The molecule has 0 saturated heterocycles. The summed E-state index contributed by atoms with van der Waals surface area (Å²) in [6, 6.07) is 6.02. The predicted octanol–water partition coefficient (Wildman–Crippen LogP) is 1.83. The average molecular weight is 235 g/mol. The van der Waals surface area contributed by atoms with Gasteiger partial charge in [-0.25, -0.2) is 0 Å². The summed E-state index contributed by atoms with van der Waals surface area (Å²) in [6.07, 6.45) is 2.01. The van der Waals surface area contributed by atoms with Crippen LogP contribution in [0.25, 0.3) is 0 Å². The fourth-order valence-corrected chi connectivity index (χ4v) is 2.24. The summed E-state index contributed by atoms with van der Waals surface area (Å²) in [6.45, 7) is 6.16. The third-order valence-electron chi connectivity index (χ3n) is 3.19. The van der Waals surface area contributed by atoms with E-state index >= 15 is 0 Å². The summed E-state index contributed by atoms with van der Waals surface area (Å²) in [5.74, 6) is 0.885. The van der Waals surface area contributed by atoms with Gasteiger partial charge in [0, 0.05) is 18.5 Å². The molecule has 1 aliphatic heterocycles. The van der Waals surface area contributed by atoms with Crippen LogP contribution in [0, 0.1) is 0 Å². The molecule has 0 aromatic heterocycles. The molecule has 17 heavy (non-hydrogen) atoms. The van der Waals surface area contributed by atoms with Gasteiger partial charge in [0.05, 0.1) is 6.61 Å². The van der Waals surface area contributed by atoms with Crippen LogP contribution in [0.2, 0.25) is 0 Å². The van der Waals surface area contributed by atoms with Gasteiger partial charge in [-0.15, -0.1) is 0 Å². The number of hydrogen-bond acceptors (Lipinski definition) is 3. The monoisotopic (exact) mass is 235 g/mol. The first-order valence-electron chi connectivity index (χ1n) is 6.33. The first kappa shape index (κ1) is 12.4. The number of fused-ring (bicyclic) bond motifs is 1. The van der Waals surface area contributed by atoms with Crippen molar-refractivity contribution in [2.75, 3.05) is 19.7 Å². The van der Waals surface area contributed by atoms with Crippen molar-refractivity contribution in [3.63, 3.8) is 0 Å². The molecule has 2 N–H and O–H groups in total. The minimum Gasteiger partial charge on any atom is -0.493 e. The van der Waals surface area contributed by atoms with E-state index < -0.39 is 5.60 Å². The Kier molecular flexibility index (Phi) is 3.69. The molecule has 1 aliphatic rings. The van der Waals surface area contributed by atoms with E-state index in [0.717, 1.165) is 37.3 Å². The van der Waals surface area contributed by atoms with Crippen LogP contribution < -0.4 is 10.1 Å². The predicted molar refractivity (Wildman–Crippen MR) is 68.4 cm³/mol. The summed E-state index contributed by atoms with van der Waals surface area (Å²) in [4.78, 5) is 0. The van der Waals surface area contributed by atoms with Gasteiger partial charge in [-0.1, -0.05) is 25.1 Å². The van der Waals surface area contributed by atoms with Crippen LogP contribution in [0.1, 0.15) is 31.4 Å². The lowest BCUT2D eigenvalue weighted by atomic mass is 9.93. The third-order valence-corrected chi connectivity index (χ3v) is 3.19. The van der Waals surface area contributed by atoms with Crippen LogP contribution in [0.15, 0.2) is 18.2 Å². The number of ether oxygens (including phenoxy) is 1. The fraction of sp³-hybridized carbons (Fsp3) is 0.571. The molecule has 94 valence electrons. The first-order chi connectivity index (χ1) is 8.15. The zero-order valence-corrected chi connectivity index (χ0v) is 10.6. The summed E-state index contributed by atoms with van der Waals surface area (Å²) < 4.78 is 5.63. The van der Waals surface area contributed by atoms with Crippen molar-refractivity contribution in [1.82, 2.24) is 5.32 Å². The minimum atomic E-state index is -0.870. The summed E-state index contributed by atoms with van der Waals surface area (Å²) in [7, 11) is 0. The highest BCUT2D eigenvalue weighted by Gasteiger charge is 2.29. The van der Waals surface area contributed by atoms with E-state index in [-0.39, 0.29) is 0 Å². The average Bonchev–Trinajstić information content (AvgIpc) is 2.76. The molecule has 0 bridgehead atoms. The Morgan fingerprint density at radius 1 is 1.47 bits per heavy atom. The van der Waals surface area contributed by atoms with Crippen LogP contribution in [0.3, 0.4) is 0 Å². The van der Waals surface area contributed by atoms with Crippen molar-refractivity contribution in [2.24, 2.45) is 0 Å². The molecule has 0 fully saturated rings. The highest BCUT2D eigenvalue weighted by atomic mass is 16.5. The van der Waals surface area contributed by atoms with E-state index in [1.807, 2.05) is 19.1 Å². The van der Waals surface area contributed by atoms with Crippen molar-refractivity contribution < 1.29 is 9.84 Å². The zero-order valence-electron chi connectivity index (χ0n) is 10.6. The highest BCUT2D eigenvalue weighted by molar-refractivity contribution is 5.46. The van der Waals surface area contributed by atoms with Gasteiger partial charge in [0.2, 0.25) is 0 Å². The molecule has 0 spiro atoms. The lowest BCUT2D eigenvalue weighted by Crippen LogP contribution is -2.36. The molecule has 3 nitrogen and oxygen atoms in total. The number of nitrogens with one attached hydrogen (secondary N) is 1. The largest absolute Gasteiger partial charge is 0.493 e. The zero-order chi connectivity index (χ0) is 12.3. The Hall–Kier alpha value is -1.06. The smallest absolute Gasteiger partial charge is 0.128 e. The molecule has 2 rings (SSSR count). The van der Waals surface area contributed by atoms with Crippen LogP contribution in [0.5, 0.6) is 5.75 Å². The van der Waals surface area contributed by atoms with Crippen LogP contribution >= 0.6 is 0 Å². The van der Waals surface area contributed by atoms with Gasteiger partial charge in [0.15, 0.2) is 0 Å². The van der Waals surface area contributed by atoms with Crippen molar-refractivity contribution in [3.05, 3.63) is 29.3 Å². The van der Waals surface area contributed by atoms with Gasteiger partial charge >= 0.3 is 0 Å². The van der Waals surface area contributed by atoms with Crippen LogP contribution in [-0.2, 0) is 12.0 Å². The first-order valence-corrected chi connectivity index (χ1v) is 6.33. The number of rotatable bonds is 5. The molecule has 3 heteroatoms. The maximum Gasteiger partial charge on any atom is 0.128 e. The molecule has 1 heterocycles. The van der Waals surface area contributed by atoms with Crippen molar-refractivity contribution in [1.29, 1.82) is 0 Å². The lowest BCUT2D eigenvalue weighted by Gasteiger charge is -2.26. The van der Waals surface area contributed by atoms with Crippen LogP contribution in [-0.4, -0.2) is 24.8 Å². The van der Waals surface area contributed by atoms with Gasteiger partial charge in [0.25, 0.3) is 0 Å². The third kappa shape index (κ3) is 2.61. The Bertz CT molecular complexity index is 388. The van der Waals surface area contributed by atoms with E-state index in [4.69, 9.17) is 4.74 Å². The maximum atomic E-state index is 10.5. The summed E-state index contributed by atoms with van der Waals surface area (Å²) in [5, 5.41) is 13.8. The van der Waals surface area contributed by atoms with Gasteiger partial charge < -0.3 is 15.2 Å². The van der Waals surface area contributed by atoms with E-state index in [1.54, 1.807) is 0 Å². The topological polar surface area (TPSA) is 41.5 Å². The Balaban J connectivity index is 2.18. The fourth-order valence-electron chi connectivity index (χ4n) is 2.24. The van der Waals surface area contributed by atoms with Crippen molar-refractivity contribution in [2.45, 2.75) is 32.3 Å². The minimum absolute atomic E-state index is 0.556. The second-order valence-corrected chi connectivity index (χ2v) is 4.84. The molecule has 0 amide bonds. The van der Waals surface area contributed by atoms with Crippen LogP contribution in [0.4, 0.5) is 0 Å². The van der Waals surface area contributed by atoms with Gasteiger partial charge in [-0.3, -0.25) is 0 Å². The number of para-hydroxylation sites is 1. The highest BCUT2D eigenvalue weighted by Crippen LogP contribution is 2.35. The normalized spacial score (nSPS) is 17.4. The van der Waals surface area contributed by atoms with E-state index in [1.165, 1.54) is 5.56 Å². The SMILES string of the molecule is CCCNCC(C)(O)c1cccc2c1OCC2. The summed E-state index contributed by atoms with van der Waals surface area (Å²) in [5.41, 5.74) is 1.24. The Morgan fingerprint density at radius 2 is 2.29 bits per heavy atom. The van der Waals surface area contributed by atoms with Crippen molar-refractivity contribution in [3.8, 4) is 5.75 Å². The Morgan fingerprint density at radius 3 is 3.06 bits per heavy atom. The second-order valence-electron chi connectivity index (χ2n) is 4.84. The lowest BCUT2D eigenvalue weighted by molar-refractivity contribution is 0.0545. The molecule has 1 aromatic carbocycles. The molecular formula is C14H21NO2. The molecule has 0 radical (unpaired) electrons. The molecule has 0 saturated carbocycles. The van der Waals surface area contributed by atoms with Gasteiger partial charge in [-0.2, -0.15) is 0 Å². The van der Waals surface area contributed by atoms with E-state index in [2.05, 4.69) is 18.3 Å². The summed E-state index contributed by atoms with van der Waals surface area (Å²) >= 11 is 0. The Labute approximate surface area is 103 Å². The van der Waals surface area contributed by atoms with E-state index in [0.29, 0.717) is 6.54 Å². The number of benzene rings is 1. The molecule has 1 atom stereocenters. The number of aliphatic hydroxyl groups is 1. The standard InChI is InChI=1S/C14H21NO2/c1-3-8-15-10-14(2,16)12-6-4-5-11-7-9-17-13(11)12/h4-6,15-16H,3,7-10H2,1-2H3. The molecular weight excluding hydrogens is 214 g/mol.